The zero-order chi connectivity index (χ0) is 11.4. The lowest BCUT2D eigenvalue weighted by atomic mass is 10.3. The van der Waals surface area contributed by atoms with E-state index in [0.29, 0.717) is 5.56 Å². The molecule has 0 radical (unpaired) electrons. The van der Waals surface area contributed by atoms with Gasteiger partial charge in [0.05, 0.1) is 12.1 Å². The Morgan fingerprint density at radius 1 is 1.44 bits per heavy atom. The van der Waals surface area contributed by atoms with Gasteiger partial charge in [-0.05, 0) is 23.6 Å². The summed E-state index contributed by atoms with van der Waals surface area (Å²) in [5, 5.41) is 5.19. The molecule has 4 nitrogen and oxygen atoms in total. The summed E-state index contributed by atoms with van der Waals surface area (Å²) in [6.45, 7) is 0.737. The standard InChI is InChI=1S/C11H11N3OS/c12-11(15)8-3-4-10(13-6-8)14-7-9-2-1-5-16-9/h1-6H,7H2,(H2,12,15)(H,13,14). The lowest BCUT2D eigenvalue weighted by Crippen LogP contribution is -2.11. The molecule has 2 rings (SSSR count). The van der Waals surface area contributed by atoms with E-state index in [9.17, 15) is 4.79 Å². The third-order valence-corrected chi connectivity index (χ3v) is 2.95. The summed E-state index contributed by atoms with van der Waals surface area (Å²) >= 11 is 1.69. The van der Waals surface area contributed by atoms with Gasteiger partial charge in [0, 0.05) is 11.1 Å². The van der Waals surface area contributed by atoms with Gasteiger partial charge < -0.3 is 11.1 Å². The van der Waals surface area contributed by atoms with Crippen LogP contribution in [0.1, 0.15) is 15.2 Å². The second kappa shape index (κ2) is 4.76. The molecule has 0 spiro atoms. The van der Waals surface area contributed by atoms with E-state index < -0.39 is 5.91 Å². The summed E-state index contributed by atoms with van der Waals surface area (Å²) in [6, 6.07) is 7.46. The van der Waals surface area contributed by atoms with Gasteiger partial charge in [-0.15, -0.1) is 11.3 Å². The van der Waals surface area contributed by atoms with Gasteiger partial charge in [-0.3, -0.25) is 4.79 Å². The fourth-order valence-corrected chi connectivity index (χ4v) is 1.88. The summed E-state index contributed by atoms with van der Waals surface area (Å²) in [7, 11) is 0. The molecule has 0 unspecified atom stereocenters. The van der Waals surface area contributed by atoms with Crippen molar-refractivity contribution in [2.45, 2.75) is 6.54 Å². The number of nitrogens with one attached hydrogen (secondary N) is 1. The van der Waals surface area contributed by atoms with Crippen LogP contribution in [0.25, 0.3) is 0 Å². The third-order valence-electron chi connectivity index (χ3n) is 2.07. The van der Waals surface area contributed by atoms with Crippen molar-refractivity contribution in [3.05, 3.63) is 46.3 Å². The van der Waals surface area contributed by atoms with E-state index in [4.69, 9.17) is 5.73 Å². The van der Waals surface area contributed by atoms with Crippen LogP contribution in [0, 0.1) is 0 Å². The Bertz CT molecular complexity index is 464. The van der Waals surface area contributed by atoms with Crippen molar-refractivity contribution in [2.75, 3.05) is 5.32 Å². The van der Waals surface area contributed by atoms with Crippen LogP contribution in [0.2, 0.25) is 0 Å². The Morgan fingerprint density at radius 2 is 2.31 bits per heavy atom. The van der Waals surface area contributed by atoms with Gasteiger partial charge in [0.25, 0.3) is 0 Å². The molecule has 1 amide bonds. The molecule has 16 heavy (non-hydrogen) atoms. The number of carbonyl (C=O) groups is 1. The Morgan fingerprint density at radius 3 is 2.88 bits per heavy atom. The SMILES string of the molecule is NC(=O)c1ccc(NCc2cccs2)nc1. The van der Waals surface area contributed by atoms with Crippen molar-refractivity contribution in [1.29, 1.82) is 0 Å². The smallest absolute Gasteiger partial charge is 0.250 e. The monoisotopic (exact) mass is 233 g/mol. The predicted molar refractivity (Wildman–Crippen MR) is 64.4 cm³/mol. The highest BCUT2D eigenvalue weighted by molar-refractivity contribution is 7.09. The van der Waals surface area contributed by atoms with Crippen molar-refractivity contribution in [2.24, 2.45) is 5.73 Å². The topological polar surface area (TPSA) is 68.0 Å². The Hall–Kier alpha value is -1.88. The molecule has 0 aliphatic heterocycles. The van der Waals surface area contributed by atoms with Crippen LogP contribution in [-0.2, 0) is 6.54 Å². The number of primary amides is 1. The van der Waals surface area contributed by atoms with Gasteiger partial charge in [-0.2, -0.15) is 0 Å². The average Bonchev–Trinajstić information content (AvgIpc) is 2.80. The number of thiophene rings is 1. The van der Waals surface area contributed by atoms with E-state index in [0.717, 1.165) is 12.4 Å². The van der Waals surface area contributed by atoms with Gasteiger partial charge in [-0.25, -0.2) is 4.98 Å². The quantitative estimate of drug-likeness (QED) is 0.846. The highest BCUT2D eigenvalue weighted by Crippen LogP contribution is 2.11. The number of nitrogens with two attached hydrogens (primary N) is 1. The molecule has 0 aliphatic carbocycles. The number of rotatable bonds is 4. The first-order valence-electron chi connectivity index (χ1n) is 4.78. The first-order valence-corrected chi connectivity index (χ1v) is 5.66. The van der Waals surface area contributed by atoms with Crippen LogP contribution >= 0.6 is 11.3 Å². The fraction of sp³-hybridized carbons (Fsp3) is 0.0909. The Labute approximate surface area is 97.1 Å². The van der Waals surface area contributed by atoms with Gasteiger partial charge in [0.15, 0.2) is 0 Å². The maximum atomic E-state index is 10.8. The molecule has 0 bridgehead atoms. The van der Waals surface area contributed by atoms with E-state index >= 15 is 0 Å². The van der Waals surface area contributed by atoms with Crippen LogP contribution < -0.4 is 11.1 Å². The average molecular weight is 233 g/mol. The number of pyridine rings is 1. The first kappa shape index (κ1) is 10.6. The molecular weight excluding hydrogens is 222 g/mol. The normalized spacial score (nSPS) is 10.0. The van der Waals surface area contributed by atoms with Crippen molar-refractivity contribution in [3.63, 3.8) is 0 Å². The Balaban J connectivity index is 1.98. The van der Waals surface area contributed by atoms with Gasteiger partial charge in [0.2, 0.25) is 5.91 Å². The summed E-state index contributed by atoms with van der Waals surface area (Å²) in [5.74, 6) is 0.274. The van der Waals surface area contributed by atoms with Crippen LogP contribution in [0.4, 0.5) is 5.82 Å². The van der Waals surface area contributed by atoms with E-state index in [1.54, 1.807) is 23.5 Å². The summed E-state index contributed by atoms with van der Waals surface area (Å²) in [4.78, 5) is 16.1. The molecule has 0 fully saturated rings. The van der Waals surface area contributed by atoms with E-state index in [1.807, 2.05) is 11.4 Å². The zero-order valence-electron chi connectivity index (χ0n) is 8.51. The highest BCUT2D eigenvalue weighted by atomic mass is 32.1. The second-order valence-electron chi connectivity index (χ2n) is 3.23. The predicted octanol–water partition coefficient (Wildman–Crippen LogP) is 1.85. The molecule has 5 heteroatoms. The molecule has 3 N–H and O–H groups in total. The van der Waals surface area contributed by atoms with E-state index in [1.165, 1.54) is 11.1 Å². The summed E-state index contributed by atoms with van der Waals surface area (Å²) < 4.78 is 0. The summed E-state index contributed by atoms with van der Waals surface area (Å²) in [6.07, 6.45) is 1.47. The van der Waals surface area contributed by atoms with Crippen molar-refractivity contribution >= 4 is 23.1 Å². The molecule has 0 aromatic carbocycles. The maximum Gasteiger partial charge on any atom is 0.250 e. The zero-order valence-corrected chi connectivity index (χ0v) is 9.33. The molecule has 0 aliphatic rings. The van der Waals surface area contributed by atoms with Gasteiger partial charge in [0.1, 0.15) is 5.82 Å². The van der Waals surface area contributed by atoms with E-state index in [2.05, 4.69) is 16.4 Å². The van der Waals surface area contributed by atoms with E-state index in [-0.39, 0.29) is 0 Å². The van der Waals surface area contributed by atoms with Crippen LogP contribution in [0.15, 0.2) is 35.8 Å². The number of amides is 1. The molecule has 0 saturated carbocycles. The highest BCUT2D eigenvalue weighted by Gasteiger charge is 2.00. The lowest BCUT2D eigenvalue weighted by molar-refractivity contribution is 0.1000. The maximum absolute atomic E-state index is 10.8. The van der Waals surface area contributed by atoms with Crippen LogP contribution in [0.3, 0.4) is 0 Å². The second-order valence-corrected chi connectivity index (χ2v) is 4.26. The van der Waals surface area contributed by atoms with Gasteiger partial charge >= 0.3 is 0 Å². The van der Waals surface area contributed by atoms with Gasteiger partial charge in [-0.1, -0.05) is 6.07 Å². The van der Waals surface area contributed by atoms with Crippen LogP contribution in [0.5, 0.6) is 0 Å². The number of aromatic nitrogens is 1. The molecular formula is C11H11N3OS. The number of nitrogens with zero attached hydrogens (tertiary/aromatic N) is 1. The number of hydrogen-bond donors (Lipinski definition) is 2. The molecule has 2 aromatic rings. The molecule has 2 heterocycles. The minimum Gasteiger partial charge on any atom is -0.366 e. The molecule has 0 atom stereocenters. The summed E-state index contributed by atoms with van der Waals surface area (Å²) in [5.41, 5.74) is 5.54. The van der Waals surface area contributed by atoms with Crippen molar-refractivity contribution in [1.82, 2.24) is 4.98 Å². The minimum atomic E-state index is -0.461. The van der Waals surface area contributed by atoms with Crippen LogP contribution in [-0.4, -0.2) is 10.9 Å². The molecule has 82 valence electrons. The first-order chi connectivity index (χ1) is 7.75. The number of anilines is 1. The number of hydrogen-bond acceptors (Lipinski definition) is 4. The fourth-order valence-electron chi connectivity index (χ4n) is 1.24. The largest absolute Gasteiger partial charge is 0.366 e. The lowest BCUT2D eigenvalue weighted by Gasteiger charge is -2.03. The third kappa shape index (κ3) is 2.58. The van der Waals surface area contributed by atoms with Crippen molar-refractivity contribution < 1.29 is 4.79 Å². The van der Waals surface area contributed by atoms with Crippen molar-refractivity contribution in [3.8, 4) is 0 Å². The molecule has 2 aromatic heterocycles. The number of carbonyl (C=O) groups excluding carboxylic acids is 1. The minimum absolute atomic E-state index is 0.418. The molecule has 0 saturated heterocycles. The Kier molecular flexibility index (Phi) is 3.16.